The van der Waals surface area contributed by atoms with Crippen molar-refractivity contribution in [3.63, 3.8) is 0 Å². The van der Waals surface area contributed by atoms with Crippen LogP contribution in [0.5, 0.6) is 0 Å². The van der Waals surface area contributed by atoms with E-state index in [0.29, 0.717) is 0 Å². The van der Waals surface area contributed by atoms with Crippen LogP contribution in [0, 0.1) is 5.41 Å². The lowest BCUT2D eigenvalue weighted by Gasteiger charge is -2.17. The van der Waals surface area contributed by atoms with Gasteiger partial charge in [-0.2, -0.15) is 17.9 Å². The summed E-state index contributed by atoms with van der Waals surface area (Å²) in [5.41, 5.74) is -6.26. The number of halogens is 3. The van der Waals surface area contributed by atoms with Gasteiger partial charge >= 0.3 is 15.5 Å². The van der Waals surface area contributed by atoms with E-state index in [2.05, 4.69) is 0 Å². The summed E-state index contributed by atoms with van der Waals surface area (Å²) in [4.78, 5) is 11.1. The van der Waals surface area contributed by atoms with E-state index in [1.54, 1.807) is 0 Å². The van der Waals surface area contributed by atoms with Gasteiger partial charge in [0.2, 0.25) is 0 Å². The fraction of sp³-hybridized carbons (Fsp3) is 0.857. The SMILES string of the molecule is CC(C)(C)C(=O)CNS(=O)(=O)C(F)(F)F. The van der Waals surface area contributed by atoms with Crippen molar-refractivity contribution in [3.05, 3.63) is 0 Å². The lowest BCUT2D eigenvalue weighted by molar-refractivity contribution is -0.125. The Bertz CT molecular complexity index is 339. The molecule has 15 heavy (non-hydrogen) atoms. The van der Waals surface area contributed by atoms with Crippen LogP contribution < -0.4 is 4.72 Å². The number of carbonyl (C=O) groups is 1. The van der Waals surface area contributed by atoms with Crippen molar-refractivity contribution in [2.24, 2.45) is 5.41 Å². The van der Waals surface area contributed by atoms with Crippen molar-refractivity contribution in [1.82, 2.24) is 4.72 Å². The zero-order valence-electron chi connectivity index (χ0n) is 8.47. The first-order valence-corrected chi connectivity index (χ1v) is 5.45. The van der Waals surface area contributed by atoms with Crippen LogP contribution in [0.15, 0.2) is 0 Å². The Hall–Kier alpha value is -0.630. The Balaban J connectivity index is 4.51. The van der Waals surface area contributed by atoms with Crippen LogP contribution in [0.25, 0.3) is 0 Å². The van der Waals surface area contributed by atoms with Crippen molar-refractivity contribution in [2.75, 3.05) is 6.54 Å². The molecule has 90 valence electrons. The summed E-state index contributed by atoms with van der Waals surface area (Å²) in [6, 6.07) is 0. The fourth-order valence-electron chi connectivity index (χ4n) is 0.508. The predicted octanol–water partition coefficient (Wildman–Crippen LogP) is 1.04. The van der Waals surface area contributed by atoms with Gasteiger partial charge in [0, 0.05) is 5.41 Å². The number of rotatable bonds is 3. The van der Waals surface area contributed by atoms with Crippen LogP contribution in [0.1, 0.15) is 20.8 Å². The highest BCUT2D eigenvalue weighted by Gasteiger charge is 2.46. The molecule has 0 aliphatic rings. The summed E-state index contributed by atoms with van der Waals surface area (Å²) >= 11 is 0. The molecule has 0 aromatic heterocycles. The number of nitrogens with one attached hydrogen (secondary N) is 1. The minimum Gasteiger partial charge on any atom is -0.298 e. The van der Waals surface area contributed by atoms with E-state index in [1.807, 2.05) is 0 Å². The first-order valence-electron chi connectivity index (χ1n) is 3.97. The maximum atomic E-state index is 11.8. The first-order chi connectivity index (χ1) is 6.38. The second-order valence-corrected chi connectivity index (χ2v) is 5.70. The molecule has 0 unspecified atom stereocenters. The highest BCUT2D eigenvalue weighted by molar-refractivity contribution is 7.90. The second-order valence-electron chi connectivity index (χ2n) is 3.94. The van der Waals surface area contributed by atoms with E-state index in [0.717, 1.165) is 0 Å². The van der Waals surface area contributed by atoms with Gasteiger partial charge < -0.3 is 0 Å². The molecule has 0 aliphatic heterocycles. The molecule has 0 spiro atoms. The third kappa shape index (κ3) is 4.17. The molecule has 0 fully saturated rings. The quantitative estimate of drug-likeness (QED) is 0.810. The molecule has 0 aromatic carbocycles. The summed E-state index contributed by atoms with van der Waals surface area (Å²) in [5.74, 6) is -0.615. The average molecular weight is 247 g/mol. The van der Waals surface area contributed by atoms with Crippen molar-refractivity contribution < 1.29 is 26.4 Å². The number of Topliss-reactive ketones (excluding diaryl/α,β-unsaturated/α-hetero) is 1. The van der Waals surface area contributed by atoms with Crippen LogP contribution in [0.2, 0.25) is 0 Å². The summed E-state index contributed by atoms with van der Waals surface area (Å²) in [6.07, 6.45) is 0. The Morgan fingerprint density at radius 2 is 1.60 bits per heavy atom. The summed E-state index contributed by atoms with van der Waals surface area (Å²) < 4.78 is 57.6. The molecule has 0 aromatic rings. The van der Waals surface area contributed by atoms with Gasteiger partial charge in [0.15, 0.2) is 5.78 Å². The zero-order valence-corrected chi connectivity index (χ0v) is 9.29. The number of ketones is 1. The first kappa shape index (κ1) is 14.4. The minimum absolute atomic E-state index is 0.615. The monoisotopic (exact) mass is 247 g/mol. The maximum absolute atomic E-state index is 11.8. The summed E-state index contributed by atoms with van der Waals surface area (Å²) in [7, 11) is -5.42. The van der Waals surface area contributed by atoms with Crippen LogP contribution >= 0.6 is 0 Å². The third-order valence-corrected chi connectivity index (χ3v) is 2.70. The van der Waals surface area contributed by atoms with Gasteiger partial charge in [0.05, 0.1) is 6.54 Å². The van der Waals surface area contributed by atoms with Crippen molar-refractivity contribution in [2.45, 2.75) is 26.3 Å². The lowest BCUT2D eigenvalue weighted by Crippen LogP contribution is -2.41. The van der Waals surface area contributed by atoms with Gasteiger partial charge in [-0.3, -0.25) is 4.79 Å². The fourth-order valence-corrected chi connectivity index (χ4v) is 0.992. The maximum Gasteiger partial charge on any atom is 0.511 e. The summed E-state index contributed by atoms with van der Waals surface area (Å²) in [6.45, 7) is 3.59. The molecule has 0 heterocycles. The number of sulfonamides is 1. The molecule has 0 amide bonds. The van der Waals surface area contributed by atoms with E-state index >= 15 is 0 Å². The van der Waals surface area contributed by atoms with E-state index < -0.39 is 33.3 Å². The Morgan fingerprint density at radius 1 is 1.20 bits per heavy atom. The van der Waals surface area contributed by atoms with Crippen molar-refractivity contribution in [3.8, 4) is 0 Å². The topological polar surface area (TPSA) is 63.2 Å². The number of hydrogen-bond donors (Lipinski definition) is 1. The van der Waals surface area contributed by atoms with E-state index in [4.69, 9.17) is 0 Å². The molecule has 4 nitrogen and oxygen atoms in total. The van der Waals surface area contributed by atoms with Crippen LogP contribution in [0.4, 0.5) is 13.2 Å². The molecule has 0 bridgehead atoms. The molecule has 0 atom stereocenters. The smallest absolute Gasteiger partial charge is 0.298 e. The van der Waals surface area contributed by atoms with Crippen LogP contribution in [0.3, 0.4) is 0 Å². The third-order valence-electron chi connectivity index (χ3n) is 1.56. The van der Waals surface area contributed by atoms with Gasteiger partial charge in [-0.25, -0.2) is 8.42 Å². The minimum atomic E-state index is -5.42. The van der Waals surface area contributed by atoms with Crippen LogP contribution in [-0.2, 0) is 14.8 Å². The van der Waals surface area contributed by atoms with Gasteiger partial charge in [0.1, 0.15) is 0 Å². The normalized spacial score (nSPS) is 14.0. The largest absolute Gasteiger partial charge is 0.511 e. The number of alkyl halides is 3. The molecule has 0 aliphatic carbocycles. The van der Waals surface area contributed by atoms with Gasteiger partial charge in [-0.05, 0) is 0 Å². The van der Waals surface area contributed by atoms with Crippen molar-refractivity contribution >= 4 is 15.8 Å². The lowest BCUT2D eigenvalue weighted by atomic mass is 9.91. The predicted molar refractivity (Wildman–Crippen MR) is 47.4 cm³/mol. The molecule has 8 heteroatoms. The Kier molecular flexibility index (Phi) is 3.92. The highest BCUT2D eigenvalue weighted by atomic mass is 32.2. The van der Waals surface area contributed by atoms with Gasteiger partial charge in [0.25, 0.3) is 0 Å². The molecular weight excluding hydrogens is 235 g/mol. The second kappa shape index (κ2) is 4.09. The molecular formula is C7H12F3NO3S. The van der Waals surface area contributed by atoms with Gasteiger partial charge in [-0.1, -0.05) is 20.8 Å². The van der Waals surface area contributed by atoms with E-state index in [9.17, 15) is 26.4 Å². The van der Waals surface area contributed by atoms with Gasteiger partial charge in [-0.15, -0.1) is 0 Å². The molecule has 0 radical (unpaired) electrons. The molecule has 0 saturated heterocycles. The summed E-state index contributed by atoms with van der Waals surface area (Å²) in [5, 5.41) is 0. The standard InChI is InChI=1S/C7H12F3NO3S/c1-6(2,3)5(12)4-11-15(13,14)7(8,9)10/h11H,4H2,1-3H3. The van der Waals surface area contributed by atoms with Crippen molar-refractivity contribution in [1.29, 1.82) is 0 Å². The Labute approximate surface area is 85.9 Å². The number of carbonyl (C=O) groups excluding carboxylic acids is 1. The van der Waals surface area contributed by atoms with E-state index in [1.165, 1.54) is 25.5 Å². The van der Waals surface area contributed by atoms with Crippen LogP contribution in [-0.4, -0.2) is 26.3 Å². The zero-order chi connectivity index (χ0) is 12.5. The molecule has 0 saturated carbocycles. The number of hydrogen-bond acceptors (Lipinski definition) is 3. The Morgan fingerprint density at radius 3 is 1.87 bits per heavy atom. The highest BCUT2D eigenvalue weighted by Crippen LogP contribution is 2.22. The molecule has 1 N–H and O–H groups in total. The average Bonchev–Trinajstić information content (AvgIpc) is 1.96. The van der Waals surface area contributed by atoms with E-state index in [-0.39, 0.29) is 0 Å². The molecule has 0 rings (SSSR count).